The van der Waals surface area contributed by atoms with Crippen molar-refractivity contribution >= 4 is 11.6 Å². The molecule has 0 saturated carbocycles. The maximum absolute atomic E-state index is 12.2. The zero-order valence-electron chi connectivity index (χ0n) is 11.8. The molecule has 0 bridgehead atoms. The summed E-state index contributed by atoms with van der Waals surface area (Å²) in [5.74, 6) is 0.597. The molecule has 0 fully saturated rings. The van der Waals surface area contributed by atoms with Crippen LogP contribution in [-0.4, -0.2) is 12.0 Å². The normalized spacial score (nSPS) is 11.7. The SMILES string of the molecule is CC[C@@H](Oc1cccc(C)c1)C(=O)Nc1ccccc1. The number of amides is 1. The van der Waals surface area contributed by atoms with Crippen LogP contribution in [0.5, 0.6) is 5.75 Å². The van der Waals surface area contributed by atoms with E-state index in [1.807, 2.05) is 68.4 Å². The van der Waals surface area contributed by atoms with Crippen LogP contribution in [0.3, 0.4) is 0 Å². The summed E-state index contributed by atoms with van der Waals surface area (Å²) in [6.45, 7) is 3.93. The van der Waals surface area contributed by atoms with Crippen LogP contribution in [0.2, 0.25) is 0 Å². The van der Waals surface area contributed by atoms with E-state index in [0.717, 1.165) is 17.0 Å². The van der Waals surface area contributed by atoms with Gasteiger partial charge in [-0.3, -0.25) is 4.79 Å². The standard InChI is InChI=1S/C17H19NO2/c1-3-16(20-15-11-7-8-13(2)12-15)17(19)18-14-9-5-4-6-10-14/h4-12,16H,3H2,1-2H3,(H,18,19)/t16-/m1/s1. The molecule has 0 aliphatic heterocycles. The van der Waals surface area contributed by atoms with Crippen LogP contribution >= 0.6 is 0 Å². The van der Waals surface area contributed by atoms with Gasteiger partial charge in [-0.2, -0.15) is 0 Å². The second-order valence-corrected chi connectivity index (χ2v) is 4.69. The van der Waals surface area contributed by atoms with Crippen LogP contribution in [0.15, 0.2) is 54.6 Å². The molecule has 0 heterocycles. The minimum atomic E-state index is -0.489. The minimum absolute atomic E-state index is 0.125. The fourth-order valence-corrected chi connectivity index (χ4v) is 1.92. The smallest absolute Gasteiger partial charge is 0.265 e. The van der Waals surface area contributed by atoms with Gasteiger partial charge >= 0.3 is 0 Å². The van der Waals surface area contributed by atoms with Crippen LogP contribution in [0.25, 0.3) is 0 Å². The second-order valence-electron chi connectivity index (χ2n) is 4.69. The molecular weight excluding hydrogens is 250 g/mol. The van der Waals surface area contributed by atoms with Gasteiger partial charge in [0.1, 0.15) is 5.75 Å². The summed E-state index contributed by atoms with van der Waals surface area (Å²) >= 11 is 0. The molecule has 2 aromatic rings. The third kappa shape index (κ3) is 3.85. The number of hydrogen-bond acceptors (Lipinski definition) is 2. The average Bonchev–Trinajstić information content (AvgIpc) is 2.46. The Bertz CT molecular complexity index is 566. The molecule has 0 radical (unpaired) electrons. The molecule has 1 amide bonds. The van der Waals surface area contributed by atoms with Crippen molar-refractivity contribution in [3.8, 4) is 5.75 Å². The highest BCUT2D eigenvalue weighted by atomic mass is 16.5. The van der Waals surface area contributed by atoms with Crippen molar-refractivity contribution in [3.05, 3.63) is 60.2 Å². The Labute approximate surface area is 119 Å². The fourth-order valence-electron chi connectivity index (χ4n) is 1.92. The van der Waals surface area contributed by atoms with E-state index >= 15 is 0 Å². The molecule has 1 N–H and O–H groups in total. The molecule has 0 unspecified atom stereocenters. The van der Waals surface area contributed by atoms with Gasteiger partial charge in [-0.1, -0.05) is 37.3 Å². The monoisotopic (exact) mass is 269 g/mol. The molecule has 2 aromatic carbocycles. The number of carbonyl (C=O) groups is 1. The third-order valence-corrected chi connectivity index (χ3v) is 2.97. The number of nitrogens with one attached hydrogen (secondary N) is 1. The molecule has 0 aromatic heterocycles. The topological polar surface area (TPSA) is 38.3 Å². The highest BCUT2D eigenvalue weighted by Crippen LogP contribution is 2.16. The Morgan fingerprint density at radius 2 is 1.90 bits per heavy atom. The molecule has 0 aliphatic rings. The molecule has 0 saturated heterocycles. The van der Waals surface area contributed by atoms with Crippen LogP contribution in [0.4, 0.5) is 5.69 Å². The number of anilines is 1. The summed E-state index contributed by atoms with van der Waals surface area (Å²) in [4.78, 5) is 12.2. The van der Waals surface area contributed by atoms with Crippen LogP contribution in [0, 0.1) is 6.92 Å². The first-order valence-corrected chi connectivity index (χ1v) is 6.78. The van der Waals surface area contributed by atoms with E-state index in [9.17, 15) is 4.79 Å². The van der Waals surface area contributed by atoms with E-state index in [1.165, 1.54) is 0 Å². The molecule has 3 heteroatoms. The number of rotatable bonds is 5. The predicted octanol–water partition coefficient (Wildman–Crippen LogP) is 3.79. The fraction of sp³-hybridized carbons (Fsp3) is 0.235. The first-order valence-electron chi connectivity index (χ1n) is 6.78. The molecule has 20 heavy (non-hydrogen) atoms. The van der Waals surface area contributed by atoms with Crippen LogP contribution in [-0.2, 0) is 4.79 Å². The number of para-hydroxylation sites is 1. The molecule has 104 valence electrons. The molecule has 1 atom stereocenters. The zero-order chi connectivity index (χ0) is 14.4. The van der Waals surface area contributed by atoms with Crippen LogP contribution in [0.1, 0.15) is 18.9 Å². The summed E-state index contributed by atoms with van der Waals surface area (Å²) in [6.07, 6.45) is 0.129. The van der Waals surface area contributed by atoms with Gasteiger partial charge in [0, 0.05) is 5.69 Å². The van der Waals surface area contributed by atoms with Gasteiger partial charge in [0.15, 0.2) is 6.10 Å². The van der Waals surface area contributed by atoms with E-state index in [4.69, 9.17) is 4.74 Å². The molecule has 3 nitrogen and oxygen atoms in total. The lowest BCUT2D eigenvalue weighted by molar-refractivity contribution is -0.122. The van der Waals surface area contributed by atoms with E-state index in [0.29, 0.717) is 6.42 Å². The summed E-state index contributed by atoms with van der Waals surface area (Å²) in [7, 11) is 0. The van der Waals surface area contributed by atoms with Crippen molar-refractivity contribution in [1.29, 1.82) is 0 Å². The maximum Gasteiger partial charge on any atom is 0.265 e. The molecule has 0 spiro atoms. The first-order chi connectivity index (χ1) is 9.69. The molecular formula is C17H19NO2. The number of aryl methyl sites for hydroxylation is 1. The van der Waals surface area contributed by atoms with Crippen molar-refractivity contribution in [2.24, 2.45) is 0 Å². The van der Waals surface area contributed by atoms with Gasteiger partial charge < -0.3 is 10.1 Å². The highest BCUT2D eigenvalue weighted by Gasteiger charge is 2.18. The van der Waals surface area contributed by atoms with E-state index in [-0.39, 0.29) is 5.91 Å². The number of benzene rings is 2. The van der Waals surface area contributed by atoms with E-state index < -0.39 is 6.10 Å². The Hall–Kier alpha value is -2.29. The van der Waals surface area contributed by atoms with Gasteiger partial charge in [0.25, 0.3) is 5.91 Å². The van der Waals surface area contributed by atoms with Crippen molar-refractivity contribution in [2.45, 2.75) is 26.4 Å². The van der Waals surface area contributed by atoms with Crippen molar-refractivity contribution in [1.82, 2.24) is 0 Å². The summed E-state index contributed by atoms with van der Waals surface area (Å²) in [6, 6.07) is 17.1. The van der Waals surface area contributed by atoms with Gasteiger partial charge in [-0.25, -0.2) is 0 Å². The van der Waals surface area contributed by atoms with Crippen molar-refractivity contribution in [3.63, 3.8) is 0 Å². The maximum atomic E-state index is 12.2. The number of carbonyl (C=O) groups excluding carboxylic acids is 1. The summed E-state index contributed by atoms with van der Waals surface area (Å²) in [5.41, 5.74) is 1.89. The summed E-state index contributed by atoms with van der Waals surface area (Å²) < 4.78 is 5.77. The quantitative estimate of drug-likeness (QED) is 0.896. The second kappa shape index (κ2) is 6.75. The lowest BCUT2D eigenvalue weighted by Crippen LogP contribution is -2.32. The van der Waals surface area contributed by atoms with E-state index in [2.05, 4.69) is 5.32 Å². The number of hydrogen-bond donors (Lipinski definition) is 1. The van der Waals surface area contributed by atoms with Gasteiger partial charge in [0.05, 0.1) is 0 Å². The number of ether oxygens (including phenoxy) is 1. The molecule has 0 aliphatic carbocycles. The largest absolute Gasteiger partial charge is 0.481 e. The highest BCUT2D eigenvalue weighted by molar-refractivity contribution is 5.94. The lowest BCUT2D eigenvalue weighted by Gasteiger charge is -2.17. The van der Waals surface area contributed by atoms with Crippen molar-refractivity contribution in [2.75, 3.05) is 5.32 Å². The van der Waals surface area contributed by atoms with Gasteiger partial charge in [-0.15, -0.1) is 0 Å². The summed E-state index contributed by atoms with van der Waals surface area (Å²) in [5, 5.41) is 2.86. The zero-order valence-corrected chi connectivity index (χ0v) is 11.8. The Morgan fingerprint density at radius 1 is 1.15 bits per heavy atom. The van der Waals surface area contributed by atoms with E-state index in [1.54, 1.807) is 0 Å². The Morgan fingerprint density at radius 3 is 2.55 bits per heavy atom. The van der Waals surface area contributed by atoms with Crippen molar-refractivity contribution < 1.29 is 9.53 Å². The third-order valence-electron chi connectivity index (χ3n) is 2.97. The average molecular weight is 269 g/mol. The Kier molecular flexibility index (Phi) is 4.77. The lowest BCUT2D eigenvalue weighted by atomic mass is 10.2. The first kappa shape index (κ1) is 14.1. The van der Waals surface area contributed by atoms with Gasteiger partial charge in [0.2, 0.25) is 0 Å². The minimum Gasteiger partial charge on any atom is -0.481 e. The predicted molar refractivity (Wildman–Crippen MR) is 81.0 cm³/mol. The van der Waals surface area contributed by atoms with Gasteiger partial charge in [-0.05, 0) is 43.2 Å². The molecule has 2 rings (SSSR count). The Balaban J connectivity index is 2.02. The van der Waals surface area contributed by atoms with Crippen LogP contribution < -0.4 is 10.1 Å².